The zero-order chi connectivity index (χ0) is 10.6. The second-order valence-corrected chi connectivity index (χ2v) is 5.48. The lowest BCUT2D eigenvalue weighted by molar-refractivity contribution is 0.195. The molecule has 0 aromatic carbocycles. The second kappa shape index (κ2) is 5.31. The third kappa shape index (κ3) is 2.94. The Hall–Kier alpha value is -0.0800. The summed E-state index contributed by atoms with van der Waals surface area (Å²) in [6.07, 6.45) is 8.45. The molecule has 2 aliphatic heterocycles. The van der Waals surface area contributed by atoms with Gasteiger partial charge in [-0.2, -0.15) is 0 Å². The molecule has 2 fully saturated rings. The van der Waals surface area contributed by atoms with Crippen LogP contribution in [-0.2, 0) is 0 Å². The number of nitrogens with one attached hydrogen (secondary N) is 1. The summed E-state index contributed by atoms with van der Waals surface area (Å²) >= 11 is 0. The first-order valence-electron chi connectivity index (χ1n) is 6.78. The molecule has 2 heterocycles. The summed E-state index contributed by atoms with van der Waals surface area (Å²) in [5, 5.41) is 3.48. The molecule has 2 rings (SSSR count). The molecule has 0 unspecified atom stereocenters. The average molecular weight is 210 g/mol. The van der Waals surface area contributed by atoms with Gasteiger partial charge in [-0.15, -0.1) is 0 Å². The smallest absolute Gasteiger partial charge is 0.00394 e. The van der Waals surface area contributed by atoms with Crippen LogP contribution in [0, 0.1) is 5.41 Å². The van der Waals surface area contributed by atoms with Gasteiger partial charge < -0.3 is 10.2 Å². The topological polar surface area (TPSA) is 15.3 Å². The van der Waals surface area contributed by atoms with Crippen molar-refractivity contribution in [1.82, 2.24) is 10.2 Å². The van der Waals surface area contributed by atoms with Gasteiger partial charge in [0.2, 0.25) is 0 Å². The van der Waals surface area contributed by atoms with E-state index in [0.29, 0.717) is 5.41 Å². The van der Waals surface area contributed by atoms with E-state index in [-0.39, 0.29) is 0 Å². The van der Waals surface area contributed by atoms with E-state index in [0.717, 1.165) is 0 Å². The van der Waals surface area contributed by atoms with E-state index in [4.69, 9.17) is 0 Å². The van der Waals surface area contributed by atoms with Crippen LogP contribution in [0.3, 0.4) is 0 Å². The highest BCUT2D eigenvalue weighted by Crippen LogP contribution is 2.38. The molecule has 2 aliphatic rings. The summed E-state index contributed by atoms with van der Waals surface area (Å²) in [6.45, 7) is 8.90. The van der Waals surface area contributed by atoms with E-state index in [9.17, 15) is 0 Å². The molecule has 0 bridgehead atoms. The molecule has 0 radical (unpaired) electrons. The SMILES string of the molecule is CCCCCN1CCC2(CCNCC2)C1. The van der Waals surface area contributed by atoms with Crippen LogP contribution in [0.25, 0.3) is 0 Å². The van der Waals surface area contributed by atoms with Crippen molar-refractivity contribution in [2.24, 2.45) is 5.41 Å². The van der Waals surface area contributed by atoms with Gasteiger partial charge in [-0.05, 0) is 57.3 Å². The van der Waals surface area contributed by atoms with Crippen molar-refractivity contribution in [3.8, 4) is 0 Å². The van der Waals surface area contributed by atoms with Crippen LogP contribution in [-0.4, -0.2) is 37.6 Å². The van der Waals surface area contributed by atoms with E-state index in [1.54, 1.807) is 0 Å². The van der Waals surface area contributed by atoms with Gasteiger partial charge in [0.1, 0.15) is 0 Å². The maximum atomic E-state index is 3.48. The van der Waals surface area contributed by atoms with Crippen molar-refractivity contribution < 1.29 is 0 Å². The maximum Gasteiger partial charge on any atom is 0.00394 e. The van der Waals surface area contributed by atoms with Gasteiger partial charge >= 0.3 is 0 Å². The fraction of sp³-hybridized carbons (Fsp3) is 1.00. The number of hydrogen-bond acceptors (Lipinski definition) is 2. The number of rotatable bonds is 4. The lowest BCUT2D eigenvalue weighted by atomic mass is 9.78. The first kappa shape index (κ1) is 11.4. The summed E-state index contributed by atoms with van der Waals surface area (Å²) in [7, 11) is 0. The molecular formula is C13H26N2. The predicted octanol–water partition coefficient (Wildman–Crippen LogP) is 2.25. The Morgan fingerprint density at radius 1 is 1.13 bits per heavy atom. The highest BCUT2D eigenvalue weighted by Gasteiger charge is 2.38. The Morgan fingerprint density at radius 2 is 1.93 bits per heavy atom. The van der Waals surface area contributed by atoms with Crippen molar-refractivity contribution in [3.63, 3.8) is 0 Å². The van der Waals surface area contributed by atoms with Crippen LogP contribution < -0.4 is 5.32 Å². The Labute approximate surface area is 94.4 Å². The molecule has 0 saturated carbocycles. The van der Waals surface area contributed by atoms with Crippen LogP contribution in [0.4, 0.5) is 0 Å². The van der Waals surface area contributed by atoms with E-state index in [2.05, 4.69) is 17.1 Å². The van der Waals surface area contributed by atoms with Crippen LogP contribution in [0.15, 0.2) is 0 Å². The largest absolute Gasteiger partial charge is 0.317 e. The fourth-order valence-corrected chi connectivity index (χ4v) is 3.17. The van der Waals surface area contributed by atoms with Gasteiger partial charge in [0, 0.05) is 6.54 Å². The molecular weight excluding hydrogens is 184 g/mol. The fourth-order valence-electron chi connectivity index (χ4n) is 3.17. The van der Waals surface area contributed by atoms with Crippen molar-refractivity contribution in [3.05, 3.63) is 0 Å². The van der Waals surface area contributed by atoms with Crippen molar-refractivity contribution in [1.29, 1.82) is 0 Å². The zero-order valence-electron chi connectivity index (χ0n) is 10.2. The van der Waals surface area contributed by atoms with Crippen LogP contribution in [0.2, 0.25) is 0 Å². The first-order valence-corrected chi connectivity index (χ1v) is 6.78. The van der Waals surface area contributed by atoms with Crippen molar-refractivity contribution in [2.45, 2.75) is 45.4 Å². The molecule has 2 saturated heterocycles. The number of likely N-dealkylation sites (tertiary alicyclic amines) is 1. The number of piperidine rings is 1. The monoisotopic (exact) mass is 210 g/mol. The minimum Gasteiger partial charge on any atom is -0.317 e. The third-order valence-corrected chi connectivity index (χ3v) is 4.26. The molecule has 15 heavy (non-hydrogen) atoms. The zero-order valence-corrected chi connectivity index (χ0v) is 10.2. The molecule has 0 atom stereocenters. The quantitative estimate of drug-likeness (QED) is 0.716. The molecule has 2 heteroatoms. The number of hydrogen-bond donors (Lipinski definition) is 1. The molecule has 2 nitrogen and oxygen atoms in total. The Kier molecular flexibility index (Phi) is 4.04. The highest BCUT2D eigenvalue weighted by molar-refractivity contribution is 4.92. The summed E-state index contributed by atoms with van der Waals surface area (Å²) in [6, 6.07) is 0. The average Bonchev–Trinajstić information content (AvgIpc) is 2.63. The third-order valence-electron chi connectivity index (χ3n) is 4.26. The lowest BCUT2D eigenvalue weighted by Gasteiger charge is -2.33. The maximum absolute atomic E-state index is 3.48. The second-order valence-electron chi connectivity index (χ2n) is 5.48. The summed E-state index contributed by atoms with van der Waals surface area (Å²) in [5.41, 5.74) is 0.706. The van der Waals surface area contributed by atoms with E-state index in [1.165, 1.54) is 71.2 Å². The minimum atomic E-state index is 0.706. The molecule has 0 aromatic rings. The van der Waals surface area contributed by atoms with Crippen LogP contribution >= 0.6 is 0 Å². The molecule has 0 aromatic heterocycles. The van der Waals surface area contributed by atoms with Gasteiger partial charge in [0.05, 0.1) is 0 Å². The van der Waals surface area contributed by atoms with Gasteiger partial charge in [0.25, 0.3) is 0 Å². The molecule has 88 valence electrons. The normalized spacial score (nSPS) is 26.2. The summed E-state index contributed by atoms with van der Waals surface area (Å²) in [4.78, 5) is 2.71. The predicted molar refractivity (Wildman–Crippen MR) is 65.1 cm³/mol. The minimum absolute atomic E-state index is 0.706. The van der Waals surface area contributed by atoms with Crippen molar-refractivity contribution in [2.75, 3.05) is 32.7 Å². The molecule has 1 spiro atoms. The molecule has 1 N–H and O–H groups in total. The Morgan fingerprint density at radius 3 is 2.67 bits per heavy atom. The lowest BCUT2D eigenvalue weighted by Crippen LogP contribution is -2.38. The van der Waals surface area contributed by atoms with Gasteiger partial charge in [-0.25, -0.2) is 0 Å². The van der Waals surface area contributed by atoms with Gasteiger partial charge in [0.15, 0.2) is 0 Å². The van der Waals surface area contributed by atoms with E-state index >= 15 is 0 Å². The van der Waals surface area contributed by atoms with E-state index in [1.807, 2.05) is 0 Å². The van der Waals surface area contributed by atoms with Crippen molar-refractivity contribution >= 4 is 0 Å². The number of nitrogens with zero attached hydrogens (tertiary/aromatic N) is 1. The van der Waals surface area contributed by atoms with E-state index < -0.39 is 0 Å². The number of unbranched alkanes of at least 4 members (excludes halogenated alkanes) is 2. The van der Waals surface area contributed by atoms with Crippen LogP contribution in [0.1, 0.15) is 45.4 Å². The first-order chi connectivity index (χ1) is 7.35. The Balaban J connectivity index is 1.73. The summed E-state index contributed by atoms with van der Waals surface area (Å²) < 4.78 is 0. The molecule has 0 amide bonds. The Bertz CT molecular complexity index is 183. The standard InChI is InChI=1S/C13H26N2/c1-2-3-4-10-15-11-7-13(12-15)5-8-14-9-6-13/h14H,2-12H2,1H3. The van der Waals surface area contributed by atoms with Gasteiger partial charge in [-0.3, -0.25) is 0 Å². The highest BCUT2D eigenvalue weighted by atomic mass is 15.2. The van der Waals surface area contributed by atoms with Crippen LogP contribution in [0.5, 0.6) is 0 Å². The molecule has 0 aliphatic carbocycles. The summed E-state index contributed by atoms with van der Waals surface area (Å²) in [5.74, 6) is 0. The van der Waals surface area contributed by atoms with Gasteiger partial charge in [-0.1, -0.05) is 19.8 Å².